The van der Waals surface area contributed by atoms with E-state index in [0.717, 1.165) is 31.2 Å². The maximum Gasteiger partial charge on any atom is 0.335 e. The second kappa shape index (κ2) is 16.6. The number of ether oxygens (including phenoxy) is 1. The van der Waals surface area contributed by atoms with E-state index in [-0.39, 0.29) is 17.4 Å². The number of aryl methyl sites for hydroxylation is 1. The molecule has 0 saturated carbocycles. The first-order valence-electron chi connectivity index (χ1n) is 15.7. The maximum atomic E-state index is 13.5. The summed E-state index contributed by atoms with van der Waals surface area (Å²) in [6, 6.07) is 8.39. The van der Waals surface area contributed by atoms with Crippen molar-refractivity contribution in [1.29, 1.82) is 0 Å². The van der Waals surface area contributed by atoms with Crippen LogP contribution in [0.2, 0.25) is 0 Å². The zero-order valence-electron chi connectivity index (χ0n) is 27.9. The maximum absolute atomic E-state index is 13.5. The summed E-state index contributed by atoms with van der Waals surface area (Å²) in [6.07, 6.45) is 4.06. The van der Waals surface area contributed by atoms with Crippen LogP contribution in [0.3, 0.4) is 0 Å². The molecular formula is C36H48N2O9. The number of carboxylic acid groups (broad SMARTS) is 1. The lowest BCUT2D eigenvalue weighted by Crippen LogP contribution is -2.58. The molecule has 1 fully saturated rings. The molecule has 11 heteroatoms. The number of nitrogens with one attached hydrogen (secondary N) is 1. The molecule has 4 rings (SSSR count). The summed E-state index contributed by atoms with van der Waals surface area (Å²) in [4.78, 5) is 25.6. The summed E-state index contributed by atoms with van der Waals surface area (Å²) >= 11 is 0. The van der Waals surface area contributed by atoms with Crippen LogP contribution in [-0.2, 0) is 9.53 Å². The van der Waals surface area contributed by atoms with Crippen molar-refractivity contribution < 1.29 is 45.0 Å². The fraction of sp³-hybridized carbons (Fsp3) is 0.444. The monoisotopic (exact) mass is 652 g/mol. The van der Waals surface area contributed by atoms with E-state index in [2.05, 4.69) is 51.2 Å². The Labute approximate surface area is 276 Å². The Morgan fingerprint density at radius 1 is 0.894 bits per heavy atom. The number of hydrogen-bond donors (Lipinski definition) is 7. The predicted molar refractivity (Wildman–Crippen MR) is 181 cm³/mol. The van der Waals surface area contributed by atoms with Gasteiger partial charge >= 0.3 is 5.97 Å². The van der Waals surface area contributed by atoms with Gasteiger partial charge in [-0.15, -0.1) is 0 Å². The number of rotatable bonds is 9. The number of aliphatic carboxylic acids is 1. The van der Waals surface area contributed by atoms with E-state index >= 15 is 0 Å². The molecule has 5 atom stereocenters. The van der Waals surface area contributed by atoms with Crippen molar-refractivity contribution >= 4 is 28.9 Å². The molecule has 0 spiro atoms. The summed E-state index contributed by atoms with van der Waals surface area (Å²) < 4.78 is 4.78. The molecule has 11 nitrogen and oxygen atoms in total. The Balaban J connectivity index is 0.000000386. The molecule has 2 aliphatic rings. The van der Waals surface area contributed by atoms with Crippen LogP contribution in [-0.4, -0.2) is 79.6 Å². The average Bonchev–Trinajstić information content (AvgIpc) is 3.11. The molecule has 0 bridgehead atoms. The van der Waals surface area contributed by atoms with Gasteiger partial charge < -0.3 is 45.6 Å². The second-order valence-electron chi connectivity index (χ2n) is 12.5. The first-order valence-corrected chi connectivity index (χ1v) is 15.7. The molecule has 256 valence electrons. The SMILES string of the molecule is CC(C)=CCC/C(C)=C/CC/C(C)=C/CN1C(=O)c2cccc(O)c2Nc2c(O)cc(C)cc21.C[C@H]1O[C@H](C(=O)O)[C@@H](O)[C@H](O)[C@H]1O. The van der Waals surface area contributed by atoms with Crippen molar-refractivity contribution in [2.75, 3.05) is 16.8 Å². The number of phenolic OH excluding ortho intramolecular Hbond substituents is 2. The molecular weight excluding hydrogens is 604 g/mol. The van der Waals surface area contributed by atoms with Crippen LogP contribution in [0.25, 0.3) is 0 Å². The fourth-order valence-electron chi connectivity index (χ4n) is 5.34. The first kappa shape index (κ1) is 37.3. The van der Waals surface area contributed by atoms with E-state index in [1.54, 1.807) is 23.1 Å². The molecule has 2 aromatic carbocycles. The quantitative estimate of drug-likeness (QED) is 0.136. The Morgan fingerprint density at radius 2 is 1.53 bits per heavy atom. The standard InChI is InChI=1S/C29H36N2O3.C7H12O6/c1-19(2)9-6-10-20(3)11-7-12-21(4)15-16-31-24-17-22(5)18-26(33)28(24)30-27-23(29(31)34)13-8-14-25(27)32;1-2-3(8)4(9)5(10)6(13-2)7(11)12/h8-9,11,13-15,17-18,30,32-33H,6-7,10,12,16H2,1-5H3;2-6,8-10H,1H3,(H,11,12)/b20-11+,21-15+;/t;2-,3+,4-,5+,6+/m.1/s1. The number of carbonyl (C=O) groups excluding carboxylic acids is 1. The van der Waals surface area contributed by atoms with Crippen molar-refractivity contribution in [3.63, 3.8) is 0 Å². The van der Waals surface area contributed by atoms with Crippen LogP contribution >= 0.6 is 0 Å². The molecule has 1 saturated heterocycles. The first-order chi connectivity index (χ1) is 22.1. The van der Waals surface area contributed by atoms with E-state index in [1.807, 2.05) is 13.0 Å². The molecule has 1 amide bonds. The van der Waals surface area contributed by atoms with Gasteiger partial charge in [-0.1, -0.05) is 41.0 Å². The Morgan fingerprint density at radius 3 is 2.17 bits per heavy atom. The van der Waals surface area contributed by atoms with Crippen LogP contribution < -0.4 is 10.2 Å². The molecule has 0 aliphatic carbocycles. The van der Waals surface area contributed by atoms with Gasteiger partial charge in [0, 0.05) is 6.54 Å². The lowest BCUT2D eigenvalue weighted by atomic mass is 9.96. The number of nitrogens with zero attached hydrogens (tertiary/aromatic N) is 1. The zero-order chi connectivity index (χ0) is 35.0. The van der Waals surface area contributed by atoms with Crippen molar-refractivity contribution in [2.24, 2.45) is 0 Å². The Kier molecular flexibility index (Phi) is 13.2. The van der Waals surface area contributed by atoms with Crippen molar-refractivity contribution in [3.8, 4) is 11.5 Å². The van der Waals surface area contributed by atoms with E-state index in [9.17, 15) is 35.1 Å². The topological polar surface area (TPSA) is 180 Å². The van der Waals surface area contributed by atoms with Gasteiger partial charge in [0.1, 0.15) is 35.5 Å². The number of phenols is 2. The van der Waals surface area contributed by atoms with Crippen LogP contribution in [0.5, 0.6) is 11.5 Å². The Bertz CT molecular complexity index is 1530. The minimum absolute atomic E-state index is 0.0305. The number of fused-ring (bicyclic) bond motifs is 2. The highest BCUT2D eigenvalue weighted by atomic mass is 16.6. The second-order valence-corrected chi connectivity index (χ2v) is 12.5. The predicted octanol–water partition coefficient (Wildman–Crippen LogP) is 5.47. The third kappa shape index (κ3) is 9.68. The zero-order valence-corrected chi connectivity index (χ0v) is 27.9. The number of hydrogen-bond acceptors (Lipinski definition) is 9. The third-order valence-electron chi connectivity index (χ3n) is 8.14. The number of para-hydroxylation sites is 1. The average molecular weight is 653 g/mol. The molecule has 0 radical (unpaired) electrons. The molecule has 0 unspecified atom stereocenters. The van der Waals surface area contributed by atoms with Crippen LogP contribution in [0.1, 0.15) is 76.2 Å². The number of benzene rings is 2. The number of carbonyl (C=O) groups is 2. The van der Waals surface area contributed by atoms with E-state index in [1.165, 1.54) is 29.7 Å². The molecule has 2 aliphatic heterocycles. The molecule has 7 N–H and O–H groups in total. The molecule has 2 heterocycles. The highest BCUT2D eigenvalue weighted by molar-refractivity contribution is 6.15. The third-order valence-corrected chi connectivity index (χ3v) is 8.14. The van der Waals surface area contributed by atoms with Crippen LogP contribution in [0.15, 0.2) is 65.3 Å². The van der Waals surface area contributed by atoms with Crippen LogP contribution in [0, 0.1) is 6.92 Å². The summed E-state index contributed by atoms with van der Waals surface area (Å²) in [5, 5.41) is 60.2. The van der Waals surface area contributed by atoms with Gasteiger partial charge in [0.2, 0.25) is 0 Å². The summed E-state index contributed by atoms with van der Waals surface area (Å²) in [6.45, 7) is 12.2. The number of amides is 1. The Hall–Kier alpha value is -4.16. The van der Waals surface area contributed by atoms with Crippen LogP contribution in [0.4, 0.5) is 17.1 Å². The van der Waals surface area contributed by atoms with Crippen molar-refractivity contribution in [3.05, 3.63) is 76.4 Å². The summed E-state index contributed by atoms with van der Waals surface area (Å²) in [5.41, 5.74) is 6.49. The van der Waals surface area contributed by atoms with Gasteiger partial charge in [-0.05, 0) is 97.1 Å². The van der Waals surface area contributed by atoms with Gasteiger partial charge in [0.25, 0.3) is 5.91 Å². The van der Waals surface area contributed by atoms with Gasteiger partial charge in [-0.25, -0.2) is 4.79 Å². The fourth-order valence-corrected chi connectivity index (χ4v) is 5.34. The highest BCUT2D eigenvalue weighted by Crippen LogP contribution is 2.44. The van der Waals surface area contributed by atoms with Crippen molar-refractivity contribution in [2.45, 2.75) is 97.7 Å². The number of aromatic hydroxyl groups is 2. The minimum atomic E-state index is -1.59. The van der Waals surface area contributed by atoms with Gasteiger partial charge in [-0.2, -0.15) is 0 Å². The number of allylic oxidation sites excluding steroid dienone is 5. The molecule has 0 aromatic heterocycles. The van der Waals surface area contributed by atoms with E-state index in [4.69, 9.17) is 9.84 Å². The van der Waals surface area contributed by atoms with Crippen molar-refractivity contribution in [1.82, 2.24) is 0 Å². The number of aliphatic hydroxyl groups is 3. The molecule has 2 aromatic rings. The highest BCUT2D eigenvalue weighted by Gasteiger charge is 2.45. The lowest BCUT2D eigenvalue weighted by molar-refractivity contribution is -0.223. The number of aliphatic hydroxyl groups excluding tert-OH is 3. The minimum Gasteiger partial charge on any atom is -0.506 e. The summed E-state index contributed by atoms with van der Waals surface area (Å²) in [5.74, 6) is -1.57. The smallest absolute Gasteiger partial charge is 0.335 e. The van der Waals surface area contributed by atoms with Gasteiger partial charge in [0.15, 0.2) is 6.10 Å². The van der Waals surface area contributed by atoms with Gasteiger partial charge in [-0.3, -0.25) is 4.79 Å². The summed E-state index contributed by atoms with van der Waals surface area (Å²) in [7, 11) is 0. The van der Waals surface area contributed by atoms with E-state index < -0.39 is 36.5 Å². The van der Waals surface area contributed by atoms with Gasteiger partial charge in [0.05, 0.1) is 23.0 Å². The van der Waals surface area contributed by atoms with E-state index in [0.29, 0.717) is 29.2 Å². The normalized spacial score (nSPS) is 22.6. The number of anilines is 3. The molecule has 47 heavy (non-hydrogen) atoms. The number of carboxylic acids is 1. The largest absolute Gasteiger partial charge is 0.506 e. The lowest BCUT2D eigenvalue weighted by Gasteiger charge is -2.37.